The summed E-state index contributed by atoms with van der Waals surface area (Å²) in [6.07, 6.45) is 6.69. The predicted molar refractivity (Wildman–Crippen MR) is 112 cm³/mol. The first-order chi connectivity index (χ1) is 13.5. The molecular weight excluding hydrogens is 354 g/mol. The van der Waals surface area contributed by atoms with E-state index in [4.69, 9.17) is 9.15 Å². The van der Waals surface area contributed by atoms with E-state index in [0.717, 1.165) is 11.3 Å². The van der Waals surface area contributed by atoms with Crippen molar-refractivity contribution in [3.63, 3.8) is 0 Å². The van der Waals surface area contributed by atoms with E-state index in [2.05, 4.69) is 6.58 Å². The number of rotatable bonds is 7. The van der Waals surface area contributed by atoms with Crippen molar-refractivity contribution in [3.8, 4) is 11.5 Å². The van der Waals surface area contributed by atoms with Crippen molar-refractivity contribution in [1.82, 2.24) is 0 Å². The topological polar surface area (TPSA) is 62.9 Å². The monoisotopic (exact) mass is 377 g/mol. The number of benzene rings is 2. The third kappa shape index (κ3) is 3.51. The Morgan fingerprint density at radius 2 is 1.96 bits per heavy atom. The summed E-state index contributed by atoms with van der Waals surface area (Å²) in [5.74, 6) is -0.192. The minimum atomic E-state index is -0.348. The van der Waals surface area contributed by atoms with Crippen LogP contribution in [0.5, 0.6) is 11.5 Å². The number of phenols is 1. The number of carbonyl (C=O) groups excluding carboxylic acids is 1. The quantitative estimate of drug-likeness (QED) is 0.363. The number of furan rings is 1. The van der Waals surface area contributed by atoms with E-state index in [1.165, 1.54) is 19.4 Å². The predicted octanol–water partition coefficient (Wildman–Crippen LogP) is 4.84. The Morgan fingerprint density at radius 3 is 2.57 bits per heavy atom. The molecule has 0 aliphatic rings. The van der Waals surface area contributed by atoms with Gasteiger partial charge in [-0.1, -0.05) is 24.3 Å². The van der Waals surface area contributed by atoms with Crippen molar-refractivity contribution in [2.75, 3.05) is 26.1 Å². The zero-order valence-electron chi connectivity index (χ0n) is 16.2. The summed E-state index contributed by atoms with van der Waals surface area (Å²) in [7, 11) is 5.40. The number of ether oxygens (including phenoxy) is 1. The van der Waals surface area contributed by atoms with Crippen LogP contribution in [0.15, 0.2) is 59.7 Å². The molecule has 0 aliphatic carbocycles. The summed E-state index contributed by atoms with van der Waals surface area (Å²) >= 11 is 0. The van der Waals surface area contributed by atoms with Gasteiger partial charge in [-0.05, 0) is 36.3 Å². The molecule has 0 radical (unpaired) electrons. The Labute approximate surface area is 164 Å². The summed E-state index contributed by atoms with van der Waals surface area (Å²) in [4.78, 5) is 14.9. The zero-order valence-corrected chi connectivity index (χ0v) is 16.2. The fourth-order valence-electron chi connectivity index (χ4n) is 3.14. The SMILES string of the molecule is C=CCc1c(O)c(C(=O)/C=C/c2ccc(N(C)C)cc2)c(OC)c2ccoc12. The third-order valence-corrected chi connectivity index (χ3v) is 4.57. The van der Waals surface area contributed by atoms with Crippen LogP contribution in [0.3, 0.4) is 0 Å². The minimum absolute atomic E-state index is 0.120. The number of hydrogen-bond acceptors (Lipinski definition) is 5. The van der Waals surface area contributed by atoms with Crippen LogP contribution in [0.4, 0.5) is 5.69 Å². The molecule has 0 spiro atoms. The lowest BCUT2D eigenvalue weighted by atomic mass is 9.98. The molecule has 28 heavy (non-hydrogen) atoms. The van der Waals surface area contributed by atoms with Gasteiger partial charge < -0.3 is 19.2 Å². The first-order valence-electron chi connectivity index (χ1n) is 8.87. The summed E-state index contributed by atoms with van der Waals surface area (Å²) in [6.45, 7) is 3.71. The maximum Gasteiger partial charge on any atom is 0.193 e. The number of nitrogens with zero attached hydrogens (tertiary/aromatic N) is 1. The van der Waals surface area contributed by atoms with Crippen LogP contribution in [0.2, 0.25) is 0 Å². The summed E-state index contributed by atoms with van der Waals surface area (Å²) in [5, 5.41) is 11.4. The van der Waals surface area contributed by atoms with Crippen molar-refractivity contribution in [2.45, 2.75) is 6.42 Å². The molecule has 1 aromatic heterocycles. The van der Waals surface area contributed by atoms with Crippen LogP contribution in [-0.4, -0.2) is 32.1 Å². The van der Waals surface area contributed by atoms with Crippen molar-refractivity contribution < 1.29 is 19.1 Å². The normalized spacial score (nSPS) is 11.1. The van der Waals surface area contributed by atoms with Crippen molar-refractivity contribution in [1.29, 1.82) is 0 Å². The Bertz CT molecular complexity index is 1040. The molecule has 5 heteroatoms. The molecule has 3 rings (SSSR count). The van der Waals surface area contributed by atoms with Gasteiger partial charge in [0.1, 0.15) is 22.6 Å². The first kappa shape index (κ1) is 19.3. The van der Waals surface area contributed by atoms with Gasteiger partial charge in [0, 0.05) is 25.3 Å². The van der Waals surface area contributed by atoms with Gasteiger partial charge in [-0.2, -0.15) is 0 Å². The van der Waals surface area contributed by atoms with Crippen molar-refractivity contribution in [2.24, 2.45) is 0 Å². The van der Waals surface area contributed by atoms with E-state index in [1.807, 2.05) is 43.3 Å². The molecule has 0 amide bonds. The molecule has 0 saturated heterocycles. The molecule has 1 heterocycles. The standard InChI is InChI=1S/C23H23NO4/c1-5-6-17-21(26)20(23(27-4)18-13-14-28-22(17)18)19(25)12-9-15-7-10-16(11-8-15)24(2)3/h5,7-14,26H,1,6H2,2-4H3/b12-9+. The number of methoxy groups -OCH3 is 1. The maximum atomic E-state index is 12.9. The second-order valence-electron chi connectivity index (χ2n) is 6.58. The third-order valence-electron chi connectivity index (χ3n) is 4.57. The van der Waals surface area contributed by atoms with Gasteiger partial charge in [-0.15, -0.1) is 6.58 Å². The summed E-state index contributed by atoms with van der Waals surface area (Å²) in [5.41, 5.74) is 3.08. The van der Waals surface area contributed by atoms with E-state index >= 15 is 0 Å². The Hall–Kier alpha value is -3.47. The van der Waals surface area contributed by atoms with Gasteiger partial charge in [0.05, 0.1) is 18.8 Å². The van der Waals surface area contributed by atoms with Gasteiger partial charge in [0.15, 0.2) is 5.78 Å². The number of ketones is 1. The highest BCUT2D eigenvalue weighted by atomic mass is 16.5. The number of allylic oxidation sites excluding steroid dienone is 2. The fraction of sp³-hybridized carbons (Fsp3) is 0.174. The highest BCUT2D eigenvalue weighted by Crippen LogP contribution is 2.41. The lowest BCUT2D eigenvalue weighted by Crippen LogP contribution is -2.07. The Balaban J connectivity index is 2.03. The van der Waals surface area contributed by atoms with Gasteiger partial charge in [0.2, 0.25) is 0 Å². The number of carbonyl (C=O) groups is 1. The van der Waals surface area contributed by atoms with E-state index < -0.39 is 0 Å². The van der Waals surface area contributed by atoms with Crippen LogP contribution in [-0.2, 0) is 6.42 Å². The summed E-state index contributed by atoms with van der Waals surface area (Å²) in [6, 6.07) is 9.53. The molecular formula is C23H23NO4. The average Bonchev–Trinajstić information content (AvgIpc) is 3.17. The number of aromatic hydroxyl groups is 1. The number of hydrogen-bond donors (Lipinski definition) is 1. The second-order valence-corrected chi connectivity index (χ2v) is 6.58. The van der Waals surface area contributed by atoms with Gasteiger partial charge in [0.25, 0.3) is 0 Å². The number of fused-ring (bicyclic) bond motifs is 1. The van der Waals surface area contributed by atoms with Crippen LogP contribution >= 0.6 is 0 Å². The average molecular weight is 377 g/mol. The van der Waals surface area contributed by atoms with Gasteiger partial charge in [-0.3, -0.25) is 4.79 Å². The van der Waals surface area contributed by atoms with E-state index in [-0.39, 0.29) is 17.1 Å². The summed E-state index contributed by atoms with van der Waals surface area (Å²) < 4.78 is 10.9. The van der Waals surface area contributed by atoms with Crippen molar-refractivity contribution >= 4 is 28.5 Å². The molecule has 0 unspecified atom stereocenters. The molecule has 0 saturated carbocycles. The molecule has 3 aromatic rings. The van der Waals surface area contributed by atoms with Crippen LogP contribution in [0.1, 0.15) is 21.5 Å². The molecule has 2 aromatic carbocycles. The number of anilines is 1. The van der Waals surface area contributed by atoms with Gasteiger partial charge >= 0.3 is 0 Å². The second kappa shape index (κ2) is 8.05. The lowest BCUT2D eigenvalue weighted by Gasteiger charge is -2.13. The number of phenolic OH excluding ortho intramolecular Hbond substituents is 1. The Morgan fingerprint density at radius 1 is 1.25 bits per heavy atom. The minimum Gasteiger partial charge on any atom is -0.507 e. The van der Waals surface area contributed by atoms with Crippen LogP contribution in [0, 0.1) is 0 Å². The molecule has 0 bridgehead atoms. The van der Waals surface area contributed by atoms with E-state index in [1.54, 1.807) is 18.2 Å². The highest BCUT2D eigenvalue weighted by molar-refractivity contribution is 6.14. The molecule has 0 atom stereocenters. The van der Waals surface area contributed by atoms with Gasteiger partial charge in [-0.25, -0.2) is 0 Å². The molecule has 144 valence electrons. The Kier molecular flexibility index (Phi) is 5.54. The fourth-order valence-corrected chi connectivity index (χ4v) is 3.14. The van der Waals surface area contributed by atoms with Crippen molar-refractivity contribution in [3.05, 3.63) is 72.0 Å². The van der Waals surface area contributed by atoms with E-state index in [9.17, 15) is 9.90 Å². The maximum absolute atomic E-state index is 12.9. The highest BCUT2D eigenvalue weighted by Gasteiger charge is 2.24. The largest absolute Gasteiger partial charge is 0.507 e. The molecule has 0 aliphatic heterocycles. The van der Waals surface area contributed by atoms with Crippen LogP contribution in [0.25, 0.3) is 17.0 Å². The smallest absolute Gasteiger partial charge is 0.193 e. The molecule has 5 nitrogen and oxygen atoms in total. The zero-order chi connectivity index (χ0) is 20.3. The molecule has 1 N–H and O–H groups in total. The lowest BCUT2D eigenvalue weighted by molar-refractivity contribution is 0.104. The first-order valence-corrected chi connectivity index (χ1v) is 8.87. The van der Waals surface area contributed by atoms with E-state index in [0.29, 0.717) is 28.7 Å². The van der Waals surface area contributed by atoms with Crippen LogP contribution < -0.4 is 9.64 Å². The molecule has 0 fully saturated rings.